The number of hydrogen-bond acceptors (Lipinski definition) is 5. The Bertz CT molecular complexity index is 1070. The molecule has 2 aromatic carbocycles. The van der Waals surface area contributed by atoms with Crippen LogP contribution >= 0.6 is 27.7 Å². The van der Waals surface area contributed by atoms with Gasteiger partial charge in [0.2, 0.25) is 11.1 Å². The number of carbonyl (C=O) groups excluding carboxylic acids is 1. The number of nitrogen functional groups attached to an aromatic ring is 1. The Kier molecular flexibility index (Phi) is 6.43. The molecule has 0 radical (unpaired) electrons. The Morgan fingerprint density at radius 1 is 1.20 bits per heavy atom. The molecule has 30 heavy (non-hydrogen) atoms. The van der Waals surface area contributed by atoms with E-state index in [0.29, 0.717) is 11.0 Å². The van der Waals surface area contributed by atoms with Crippen LogP contribution in [0, 0.1) is 0 Å². The smallest absolute Gasteiger partial charge is 0.230 e. The zero-order chi connectivity index (χ0) is 21.1. The molecule has 1 aliphatic rings. The van der Waals surface area contributed by atoms with Crippen LogP contribution in [0.1, 0.15) is 42.5 Å². The number of amides is 1. The number of aryl methyl sites for hydroxylation is 2. The van der Waals surface area contributed by atoms with Crippen LogP contribution in [0.2, 0.25) is 0 Å². The number of hydrogen-bond donors (Lipinski definition) is 2. The van der Waals surface area contributed by atoms with Gasteiger partial charge in [-0.3, -0.25) is 4.79 Å². The average molecular weight is 486 g/mol. The first kappa shape index (κ1) is 20.9. The number of rotatable bonds is 6. The molecule has 0 aliphatic heterocycles. The predicted octanol–water partition coefficient (Wildman–Crippen LogP) is 4.27. The summed E-state index contributed by atoms with van der Waals surface area (Å²) < 4.78 is 2.31. The first-order chi connectivity index (χ1) is 14.5. The molecule has 3 aromatic rings. The van der Waals surface area contributed by atoms with Gasteiger partial charge >= 0.3 is 0 Å². The summed E-state index contributed by atoms with van der Waals surface area (Å²) in [6.45, 7) is 2.02. The second-order valence-corrected chi connectivity index (χ2v) is 9.27. The molecular weight excluding hydrogens is 462 g/mol. The highest BCUT2D eigenvalue weighted by Crippen LogP contribution is 2.28. The van der Waals surface area contributed by atoms with Crippen LogP contribution in [0.4, 0.5) is 0 Å². The Balaban J connectivity index is 1.37. The van der Waals surface area contributed by atoms with Gasteiger partial charge in [0.1, 0.15) is 0 Å². The van der Waals surface area contributed by atoms with Crippen LogP contribution in [-0.2, 0) is 17.6 Å². The van der Waals surface area contributed by atoms with Crippen molar-refractivity contribution in [3.8, 4) is 11.4 Å². The first-order valence-electron chi connectivity index (χ1n) is 10.0. The van der Waals surface area contributed by atoms with Crippen LogP contribution in [0.15, 0.2) is 52.1 Å². The highest BCUT2D eigenvalue weighted by atomic mass is 79.9. The molecule has 6 nitrogen and oxygen atoms in total. The van der Waals surface area contributed by atoms with Gasteiger partial charge in [-0.05, 0) is 61.4 Å². The maximum absolute atomic E-state index is 12.5. The van der Waals surface area contributed by atoms with Gasteiger partial charge in [0.25, 0.3) is 0 Å². The SMILES string of the molecule is CC(NC(=O)CSc1nnc(-c2ccccc2Br)n1N)c1ccc2c(c1)CCCC2. The fourth-order valence-electron chi connectivity index (χ4n) is 3.72. The Morgan fingerprint density at radius 2 is 1.97 bits per heavy atom. The van der Waals surface area contributed by atoms with E-state index < -0.39 is 0 Å². The van der Waals surface area contributed by atoms with Gasteiger partial charge in [-0.25, -0.2) is 4.68 Å². The summed E-state index contributed by atoms with van der Waals surface area (Å²) in [4.78, 5) is 12.5. The topological polar surface area (TPSA) is 85.8 Å². The van der Waals surface area contributed by atoms with Crippen molar-refractivity contribution >= 4 is 33.6 Å². The first-order valence-corrected chi connectivity index (χ1v) is 11.8. The zero-order valence-electron chi connectivity index (χ0n) is 16.8. The van der Waals surface area contributed by atoms with Gasteiger partial charge < -0.3 is 11.2 Å². The maximum Gasteiger partial charge on any atom is 0.230 e. The molecule has 3 N–H and O–H groups in total. The highest BCUT2D eigenvalue weighted by molar-refractivity contribution is 9.10. The maximum atomic E-state index is 12.5. The van der Waals surface area contributed by atoms with Crippen LogP contribution < -0.4 is 11.2 Å². The molecule has 0 saturated heterocycles. The molecule has 0 spiro atoms. The summed E-state index contributed by atoms with van der Waals surface area (Å²) in [5, 5.41) is 11.9. The van der Waals surface area contributed by atoms with Crippen molar-refractivity contribution in [1.29, 1.82) is 0 Å². The van der Waals surface area contributed by atoms with Gasteiger partial charge in [-0.2, -0.15) is 0 Å². The van der Waals surface area contributed by atoms with E-state index in [1.807, 2.05) is 31.2 Å². The zero-order valence-corrected chi connectivity index (χ0v) is 19.2. The summed E-state index contributed by atoms with van der Waals surface area (Å²) in [5.74, 6) is 6.88. The molecule has 8 heteroatoms. The van der Waals surface area contributed by atoms with Crippen molar-refractivity contribution in [3.63, 3.8) is 0 Å². The third-order valence-electron chi connectivity index (χ3n) is 5.36. The van der Waals surface area contributed by atoms with Gasteiger partial charge in [0.05, 0.1) is 11.8 Å². The van der Waals surface area contributed by atoms with Gasteiger partial charge in [0.15, 0.2) is 5.82 Å². The van der Waals surface area contributed by atoms with Crippen molar-refractivity contribution in [2.75, 3.05) is 11.6 Å². The number of thioether (sulfide) groups is 1. The van der Waals surface area contributed by atoms with E-state index in [0.717, 1.165) is 28.4 Å². The molecule has 1 heterocycles. The number of benzene rings is 2. The molecule has 1 aliphatic carbocycles. The third-order valence-corrected chi connectivity index (χ3v) is 7.00. The quantitative estimate of drug-likeness (QED) is 0.402. The molecule has 1 amide bonds. The Labute approximate surface area is 188 Å². The molecule has 1 atom stereocenters. The predicted molar refractivity (Wildman–Crippen MR) is 124 cm³/mol. The number of nitrogens with zero attached hydrogens (tertiary/aromatic N) is 3. The lowest BCUT2D eigenvalue weighted by atomic mass is 9.89. The van der Waals surface area contributed by atoms with E-state index in [-0.39, 0.29) is 17.7 Å². The number of nitrogens with one attached hydrogen (secondary N) is 1. The number of fused-ring (bicyclic) bond motifs is 1. The van der Waals surface area contributed by atoms with Crippen molar-refractivity contribution in [2.24, 2.45) is 0 Å². The minimum atomic E-state index is -0.0596. The molecular formula is C22H24BrN5OS. The van der Waals surface area contributed by atoms with E-state index in [1.165, 1.54) is 40.4 Å². The summed E-state index contributed by atoms with van der Waals surface area (Å²) in [6.07, 6.45) is 4.81. The summed E-state index contributed by atoms with van der Waals surface area (Å²) in [7, 11) is 0. The largest absolute Gasteiger partial charge is 0.349 e. The number of carbonyl (C=O) groups is 1. The van der Waals surface area contributed by atoms with Crippen molar-refractivity contribution in [3.05, 3.63) is 63.6 Å². The van der Waals surface area contributed by atoms with Crippen LogP contribution in [0.3, 0.4) is 0 Å². The molecule has 0 saturated carbocycles. The number of nitrogens with two attached hydrogens (primary N) is 1. The Hall–Kier alpha value is -2.32. The lowest BCUT2D eigenvalue weighted by Gasteiger charge is -2.20. The lowest BCUT2D eigenvalue weighted by Crippen LogP contribution is -2.28. The second kappa shape index (κ2) is 9.22. The normalized spacial score (nSPS) is 14.2. The summed E-state index contributed by atoms with van der Waals surface area (Å²) in [5.41, 5.74) is 4.87. The highest BCUT2D eigenvalue weighted by Gasteiger charge is 2.17. The lowest BCUT2D eigenvalue weighted by molar-refractivity contribution is -0.119. The van der Waals surface area contributed by atoms with Gasteiger partial charge in [-0.15, -0.1) is 10.2 Å². The minimum Gasteiger partial charge on any atom is -0.349 e. The monoisotopic (exact) mass is 485 g/mol. The molecule has 1 aromatic heterocycles. The molecule has 0 bridgehead atoms. The van der Waals surface area contributed by atoms with Gasteiger partial charge in [0, 0.05) is 10.0 Å². The van der Waals surface area contributed by atoms with Crippen molar-refractivity contribution < 1.29 is 4.79 Å². The summed E-state index contributed by atoms with van der Waals surface area (Å²) in [6, 6.07) is 14.2. The second-order valence-electron chi connectivity index (χ2n) is 7.47. The van der Waals surface area contributed by atoms with E-state index in [9.17, 15) is 4.79 Å². The van der Waals surface area contributed by atoms with Crippen LogP contribution in [0.25, 0.3) is 11.4 Å². The molecule has 1 unspecified atom stereocenters. The van der Waals surface area contributed by atoms with Crippen molar-refractivity contribution in [2.45, 2.75) is 43.8 Å². The standard InChI is InChI=1S/C22H24BrN5OS/c1-14(16-11-10-15-6-2-3-7-17(15)12-16)25-20(29)13-30-22-27-26-21(28(22)24)18-8-4-5-9-19(18)23/h4-5,8-12,14H,2-3,6-7,13,24H2,1H3,(H,25,29). The Morgan fingerprint density at radius 3 is 2.77 bits per heavy atom. The molecule has 156 valence electrons. The third kappa shape index (κ3) is 4.54. The van der Waals surface area contributed by atoms with Crippen molar-refractivity contribution in [1.82, 2.24) is 20.2 Å². The fraction of sp³-hybridized carbons (Fsp3) is 0.318. The van der Waals surface area contributed by atoms with Crippen LogP contribution in [0.5, 0.6) is 0 Å². The fourth-order valence-corrected chi connectivity index (χ4v) is 4.85. The van der Waals surface area contributed by atoms with Crippen LogP contribution in [-0.4, -0.2) is 26.5 Å². The van der Waals surface area contributed by atoms with E-state index in [2.05, 4.69) is 49.6 Å². The number of aromatic nitrogens is 3. The summed E-state index contributed by atoms with van der Waals surface area (Å²) >= 11 is 4.78. The van der Waals surface area contributed by atoms with E-state index in [1.54, 1.807) is 0 Å². The van der Waals surface area contributed by atoms with E-state index >= 15 is 0 Å². The molecule has 0 fully saturated rings. The minimum absolute atomic E-state index is 0.0445. The number of halogens is 1. The average Bonchev–Trinajstić information content (AvgIpc) is 3.12. The van der Waals surface area contributed by atoms with Gasteiger partial charge in [-0.1, -0.05) is 58.0 Å². The molecule has 4 rings (SSSR count). The van der Waals surface area contributed by atoms with E-state index in [4.69, 9.17) is 5.84 Å².